The van der Waals surface area contributed by atoms with Crippen LogP contribution in [0.5, 0.6) is 5.75 Å². The van der Waals surface area contributed by atoms with Crippen LogP contribution in [0.15, 0.2) is 58.1 Å². The van der Waals surface area contributed by atoms with Crippen molar-refractivity contribution in [1.82, 2.24) is 5.43 Å². The first kappa shape index (κ1) is 14.6. The number of benzene rings is 2. The Morgan fingerprint density at radius 1 is 1.18 bits per heavy atom. The van der Waals surface area contributed by atoms with Gasteiger partial charge in [-0.25, -0.2) is 10.2 Å². The fourth-order valence-corrected chi connectivity index (χ4v) is 2.50. The predicted molar refractivity (Wildman–Crippen MR) is 89.4 cm³/mol. The van der Waals surface area contributed by atoms with Crippen LogP contribution in [0, 0.1) is 0 Å². The second-order valence-electron chi connectivity index (χ2n) is 4.73. The molecule has 1 aliphatic rings. The van der Waals surface area contributed by atoms with Gasteiger partial charge in [0, 0.05) is 22.1 Å². The highest BCUT2D eigenvalue weighted by Gasteiger charge is 2.17. The molecule has 0 spiro atoms. The molecule has 0 unspecified atom stereocenters. The highest BCUT2D eigenvalue weighted by molar-refractivity contribution is 9.10. The summed E-state index contributed by atoms with van der Waals surface area (Å²) in [7, 11) is 0. The maximum atomic E-state index is 11.9. The lowest BCUT2D eigenvalue weighted by Crippen LogP contribution is -2.27. The summed E-state index contributed by atoms with van der Waals surface area (Å²) in [5.74, 6) is 0.768. The van der Waals surface area contributed by atoms with E-state index >= 15 is 0 Å². The van der Waals surface area contributed by atoms with E-state index in [1.54, 1.807) is 0 Å². The second kappa shape index (κ2) is 6.62. The minimum absolute atomic E-state index is 0.371. The summed E-state index contributed by atoms with van der Waals surface area (Å²) in [6.07, 6.45) is 0.653. The van der Waals surface area contributed by atoms with Gasteiger partial charge >= 0.3 is 6.03 Å². The van der Waals surface area contributed by atoms with Gasteiger partial charge in [0.05, 0.1) is 12.3 Å². The lowest BCUT2D eigenvalue weighted by atomic mass is 10.0. The SMILES string of the molecule is O=C(N/N=C1\CCOc2cc(Br)ccc21)Nc1ccccc1. The quantitative estimate of drug-likeness (QED) is 0.801. The summed E-state index contributed by atoms with van der Waals surface area (Å²) in [6, 6.07) is 14.6. The van der Waals surface area contributed by atoms with Crippen LogP contribution in [-0.4, -0.2) is 18.3 Å². The monoisotopic (exact) mass is 359 g/mol. The van der Waals surface area contributed by atoms with Crippen molar-refractivity contribution >= 4 is 33.4 Å². The molecule has 1 heterocycles. The van der Waals surface area contributed by atoms with Gasteiger partial charge in [0.1, 0.15) is 5.75 Å². The number of para-hydroxylation sites is 1. The summed E-state index contributed by atoms with van der Waals surface area (Å²) >= 11 is 3.41. The molecule has 2 aromatic carbocycles. The molecule has 0 aliphatic carbocycles. The number of hydrazone groups is 1. The van der Waals surface area contributed by atoms with Gasteiger partial charge in [-0.2, -0.15) is 5.10 Å². The van der Waals surface area contributed by atoms with Gasteiger partial charge in [0.25, 0.3) is 0 Å². The highest BCUT2D eigenvalue weighted by atomic mass is 79.9. The summed E-state index contributed by atoms with van der Waals surface area (Å²) < 4.78 is 6.54. The Morgan fingerprint density at radius 2 is 2.00 bits per heavy atom. The van der Waals surface area contributed by atoms with Crippen molar-refractivity contribution in [1.29, 1.82) is 0 Å². The summed E-state index contributed by atoms with van der Waals surface area (Å²) in [5.41, 5.74) is 4.95. The molecule has 0 saturated carbocycles. The van der Waals surface area contributed by atoms with Crippen LogP contribution < -0.4 is 15.5 Å². The smallest absolute Gasteiger partial charge is 0.339 e. The molecule has 6 heteroatoms. The van der Waals surface area contributed by atoms with Gasteiger partial charge in [-0.3, -0.25) is 0 Å². The summed E-state index contributed by atoms with van der Waals surface area (Å²) in [6.45, 7) is 0.546. The number of urea groups is 1. The Kier molecular flexibility index (Phi) is 4.39. The van der Waals surface area contributed by atoms with Crippen LogP contribution >= 0.6 is 15.9 Å². The molecule has 2 amide bonds. The van der Waals surface area contributed by atoms with Crippen LogP contribution in [0.4, 0.5) is 10.5 Å². The van der Waals surface area contributed by atoms with Crippen molar-refractivity contribution < 1.29 is 9.53 Å². The molecule has 3 rings (SSSR count). The van der Waals surface area contributed by atoms with Crippen molar-refractivity contribution in [2.75, 3.05) is 11.9 Å². The van der Waals surface area contributed by atoms with Crippen LogP contribution in [-0.2, 0) is 0 Å². The van der Waals surface area contributed by atoms with E-state index in [1.807, 2.05) is 48.5 Å². The lowest BCUT2D eigenvalue weighted by molar-refractivity contribution is 0.252. The maximum Gasteiger partial charge on any atom is 0.339 e. The number of fused-ring (bicyclic) bond motifs is 1. The Hall–Kier alpha value is -2.34. The molecule has 0 radical (unpaired) electrons. The third-order valence-corrected chi connectivity index (χ3v) is 3.67. The largest absolute Gasteiger partial charge is 0.492 e. The number of amides is 2. The molecule has 5 nitrogen and oxygen atoms in total. The number of rotatable bonds is 2. The van der Waals surface area contributed by atoms with Gasteiger partial charge in [-0.05, 0) is 30.3 Å². The zero-order chi connectivity index (χ0) is 15.4. The zero-order valence-electron chi connectivity index (χ0n) is 11.7. The standard InChI is InChI=1S/C16H14BrN3O2/c17-11-6-7-13-14(8-9-22-15(13)10-11)19-20-16(21)18-12-4-2-1-3-5-12/h1-7,10H,8-9H2,(H2,18,20,21)/b19-14+. The second-order valence-corrected chi connectivity index (χ2v) is 5.65. The number of ether oxygens (including phenoxy) is 1. The first-order valence-electron chi connectivity index (χ1n) is 6.84. The number of nitrogens with one attached hydrogen (secondary N) is 2. The number of hydrogen-bond acceptors (Lipinski definition) is 3. The van der Waals surface area contributed by atoms with E-state index < -0.39 is 0 Å². The van der Waals surface area contributed by atoms with Crippen molar-refractivity contribution in [3.05, 3.63) is 58.6 Å². The molecule has 0 bridgehead atoms. The van der Waals surface area contributed by atoms with Gasteiger partial charge in [0.15, 0.2) is 0 Å². The van der Waals surface area contributed by atoms with Crippen LogP contribution in [0.1, 0.15) is 12.0 Å². The van der Waals surface area contributed by atoms with E-state index in [-0.39, 0.29) is 6.03 Å². The van der Waals surface area contributed by atoms with E-state index in [0.717, 1.165) is 27.2 Å². The molecular weight excluding hydrogens is 346 g/mol. The fraction of sp³-hybridized carbons (Fsp3) is 0.125. The van der Waals surface area contributed by atoms with Crippen molar-refractivity contribution in [2.24, 2.45) is 5.10 Å². The van der Waals surface area contributed by atoms with Crippen LogP contribution in [0.25, 0.3) is 0 Å². The average molecular weight is 360 g/mol. The first-order chi connectivity index (χ1) is 10.7. The number of hydrogen-bond donors (Lipinski definition) is 2. The Labute approximate surface area is 136 Å². The summed E-state index contributed by atoms with van der Waals surface area (Å²) in [4.78, 5) is 11.9. The minimum Gasteiger partial charge on any atom is -0.492 e. The van der Waals surface area contributed by atoms with Crippen molar-refractivity contribution in [3.63, 3.8) is 0 Å². The van der Waals surface area contributed by atoms with E-state index in [2.05, 4.69) is 31.8 Å². The number of nitrogens with zero attached hydrogens (tertiary/aromatic N) is 1. The number of anilines is 1. The first-order valence-corrected chi connectivity index (χ1v) is 7.63. The number of halogens is 1. The highest BCUT2D eigenvalue weighted by Crippen LogP contribution is 2.28. The summed E-state index contributed by atoms with van der Waals surface area (Å²) in [5, 5.41) is 6.93. The van der Waals surface area contributed by atoms with E-state index in [0.29, 0.717) is 13.0 Å². The topological polar surface area (TPSA) is 62.7 Å². The zero-order valence-corrected chi connectivity index (χ0v) is 13.3. The van der Waals surface area contributed by atoms with E-state index in [1.165, 1.54) is 0 Å². The molecule has 112 valence electrons. The van der Waals surface area contributed by atoms with E-state index in [4.69, 9.17) is 4.74 Å². The number of carbonyl (C=O) groups excluding carboxylic acids is 1. The molecule has 1 aliphatic heterocycles. The lowest BCUT2D eigenvalue weighted by Gasteiger charge is -2.19. The predicted octanol–water partition coefficient (Wildman–Crippen LogP) is 3.76. The maximum absolute atomic E-state index is 11.9. The Bertz CT molecular complexity index is 717. The molecular formula is C16H14BrN3O2. The number of carbonyl (C=O) groups is 1. The van der Waals surface area contributed by atoms with Crippen molar-refractivity contribution in [2.45, 2.75) is 6.42 Å². The molecule has 0 atom stereocenters. The van der Waals surface area contributed by atoms with Gasteiger partial charge < -0.3 is 10.1 Å². The fourth-order valence-electron chi connectivity index (χ4n) is 2.16. The van der Waals surface area contributed by atoms with Crippen molar-refractivity contribution in [3.8, 4) is 5.75 Å². The van der Waals surface area contributed by atoms with Gasteiger partial charge in [-0.1, -0.05) is 34.1 Å². The molecule has 2 aromatic rings. The molecule has 0 aromatic heterocycles. The minimum atomic E-state index is -0.371. The molecule has 0 saturated heterocycles. The molecule has 2 N–H and O–H groups in total. The normalized spacial score (nSPS) is 14.9. The Balaban J connectivity index is 1.70. The molecule has 22 heavy (non-hydrogen) atoms. The van der Waals surface area contributed by atoms with Crippen LogP contribution in [0.3, 0.4) is 0 Å². The van der Waals surface area contributed by atoms with Crippen LogP contribution in [0.2, 0.25) is 0 Å². The third-order valence-electron chi connectivity index (χ3n) is 3.18. The van der Waals surface area contributed by atoms with Gasteiger partial charge in [-0.15, -0.1) is 0 Å². The van der Waals surface area contributed by atoms with E-state index in [9.17, 15) is 4.79 Å². The van der Waals surface area contributed by atoms with Gasteiger partial charge in [0.2, 0.25) is 0 Å². The third kappa shape index (κ3) is 3.46. The average Bonchev–Trinajstić information content (AvgIpc) is 2.53. The Morgan fingerprint density at radius 3 is 2.82 bits per heavy atom. The molecule has 0 fully saturated rings.